The van der Waals surface area contributed by atoms with Crippen molar-refractivity contribution in [3.05, 3.63) is 54.1 Å². The van der Waals surface area contributed by atoms with Gasteiger partial charge in [-0.2, -0.15) is 0 Å². The van der Waals surface area contributed by atoms with Gasteiger partial charge in [0.1, 0.15) is 17.4 Å². The first kappa shape index (κ1) is 20.1. The van der Waals surface area contributed by atoms with E-state index in [4.69, 9.17) is 4.74 Å². The first-order chi connectivity index (χ1) is 12.3. The minimum atomic E-state index is -3.97. The maximum atomic E-state index is 13.5. The second-order valence-corrected chi connectivity index (χ2v) is 7.62. The lowest BCUT2D eigenvalue weighted by Crippen LogP contribution is -2.42. The zero-order valence-electron chi connectivity index (χ0n) is 13.7. The fraction of sp³-hybridized carbons (Fsp3) is 0.188. The van der Waals surface area contributed by atoms with Crippen molar-refractivity contribution in [2.24, 2.45) is 0 Å². The third-order valence-electron chi connectivity index (χ3n) is 3.02. The molecule has 0 bridgehead atoms. The second kappa shape index (κ2) is 8.97. The van der Waals surface area contributed by atoms with Crippen LogP contribution in [0.15, 0.2) is 52.3 Å². The summed E-state index contributed by atoms with van der Waals surface area (Å²) < 4.78 is 55.9. The smallest absolute Gasteiger partial charge is 0.257 e. The van der Waals surface area contributed by atoms with E-state index in [0.717, 1.165) is 30.0 Å². The van der Waals surface area contributed by atoms with Gasteiger partial charge in [-0.15, -0.1) is 16.6 Å². The number of benzene rings is 2. The number of carbonyl (C=O) groups excluding carboxylic acids is 1. The highest BCUT2D eigenvalue weighted by Gasteiger charge is 2.15. The molecule has 0 unspecified atom stereocenters. The number of nitrogens with one attached hydrogen (secondary N) is 2. The van der Waals surface area contributed by atoms with Crippen LogP contribution in [0.3, 0.4) is 0 Å². The standard InChI is InChI=1S/C16H16F2N2O4S2/c1-2-24-12-4-6-13(7-5-12)26(22,23)20-19-16(21)10-25-15-9-11(17)3-8-14(15)18/h3-9,20H,2,10H2,1H3,(H,19,21). The molecule has 0 aliphatic rings. The normalized spacial score (nSPS) is 11.2. The third kappa shape index (κ3) is 5.68. The van der Waals surface area contributed by atoms with Gasteiger partial charge >= 0.3 is 0 Å². The van der Waals surface area contributed by atoms with Crippen LogP contribution in [0.25, 0.3) is 0 Å². The molecule has 2 aromatic carbocycles. The Labute approximate surface area is 154 Å². The Morgan fingerprint density at radius 3 is 2.50 bits per heavy atom. The van der Waals surface area contributed by atoms with E-state index < -0.39 is 27.6 Å². The van der Waals surface area contributed by atoms with Gasteiger partial charge in [-0.3, -0.25) is 10.2 Å². The third-order valence-corrected chi connectivity index (χ3v) is 5.32. The first-order valence-electron chi connectivity index (χ1n) is 7.43. The second-order valence-electron chi connectivity index (χ2n) is 4.92. The molecule has 0 aromatic heterocycles. The molecule has 1 amide bonds. The fourth-order valence-electron chi connectivity index (χ4n) is 1.83. The van der Waals surface area contributed by atoms with Crippen molar-refractivity contribution in [1.82, 2.24) is 10.3 Å². The molecular weight excluding hydrogens is 386 g/mol. The molecule has 0 radical (unpaired) electrons. The van der Waals surface area contributed by atoms with E-state index in [-0.39, 0.29) is 15.5 Å². The number of hydrogen-bond acceptors (Lipinski definition) is 5. The summed E-state index contributed by atoms with van der Waals surface area (Å²) in [4.78, 5) is 13.6. The van der Waals surface area contributed by atoms with Crippen LogP contribution in [0, 0.1) is 11.6 Å². The van der Waals surface area contributed by atoms with Crippen molar-refractivity contribution in [3.63, 3.8) is 0 Å². The molecule has 0 heterocycles. The van der Waals surface area contributed by atoms with Gasteiger partial charge in [0.25, 0.3) is 10.0 Å². The molecule has 0 atom stereocenters. The van der Waals surface area contributed by atoms with Crippen molar-refractivity contribution in [2.75, 3.05) is 12.4 Å². The van der Waals surface area contributed by atoms with Gasteiger partial charge in [-0.25, -0.2) is 17.2 Å². The average Bonchev–Trinajstić information content (AvgIpc) is 2.61. The predicted octanol–water partition coefficient (Wildman–Crippen LogP) is 2.47. The van der Waals surface area contributed by atoms with Crippen molar-refractivity contribution in [3.8, 4) is 5.75 Å². The molecule has 0 aliphatic heterocycles. The highest BCUT2D eigenvalue weighted by atomic mass is 32.2. The highest BCUT2D eigenvalue weighted by Crippen LogP contribution is 2.22. The van der Waals surface area contributed by atoms with Gasteiger partial charge in [0, 0.05) is 4.90 Å². The van der Waals surface area contributed by atoms with Crippen LogP contribution in [-0.2, 0) is 14.8 Å². The number of rotatable bonds is 8. The highest BCUT2D eigenvalue weighted by molar-refractivity contribution is 8.00. The zero-order chi connectivity index (χ0) is 19.2. The molecule has 26 heavy (non-hydrogen) atoms. The Morgan fingerprint density at radius 2 is 1.85 bits per heavy atom. The Morgan fingerprint density at radius 1 is 1.15 bits per heavy atom. The van der Waals surface area contributed by atoms with Crippen LogP contribution in [0.2, 0.25) is 0 Å². The van der Waals surface area contributed by atoms with Gasteiger partial charge in [0.15, 0.2) is 0 Å². The molecule has 0 fully saturated rings. The number of carbonyl (C=O) groups is 1. The summed E-state index contributed by atoms with van der Waals surface area (Å²) in [5, 5.41) is 0. The lowest BCUT2D eigenvalue weighted by atomic mass is 10.3. The molecule has 0 saturated heterocycles. The number of amides is 1. The van der Waals surface area contributed by atoms with Crippen LogP contribution in [-0.4, -0.2) is 26.7 Å². The summed E-state index contributed by atoms with van der Waals surface area (Å²) in [6.45, 7) is 2.25. The van der Waals surface area contributed by atoms with E-state index in [9.17, 15) is 22.0 Å². The van der Waals surface area contributed by atoms with Crippen molar-refractivity contribution < 1.29 is 26.7 Å². The number of ether oxygens (including phenoxy) is 1. The van der Waals surface area contributed by atoms with E-state index in [2.05, 4.69) is 0 Å². The van der Waals surface area contributed by atoms with Crippen LogP contribution in [0.4, 0.5) is 8.78 Å². The molecule has 2 rings (SSSR count). The van der Waals surface area contributed by atoms with Gasteiger partial charge in [0.05, 0.1) is 17.3 Å². The Bertz CT molecular complexity index is 874. The van der Waals surface area contributed by atoms with Crippen LogP contribution in [0.5, 0.6) is 5.75 Å². The molecule has 10 heteroatoms. The van der Waals surface area contributed by atoms with Crippen LogP contribution < -0.4 is 15.0 Å². The molecule has 0 spiro atoms. The van der Waals surface area contributed by atoms with Crippen molar-refractivity contribution >= 4 is 27.7 Å². The van der Waals surface area contributed by atoms with Crippen LogP contribution >= 0.6 is 11.8 Å². The number of thioether (sulfide) groups is 1. The zero-order valence-corrected chi connectivity index (χ0v) is 15.3. The minimum absolute atomic E-state index is 0.0467. The average molecular weight is 402 g/mol. The van der Waals surface area contributed by atoms with Gasteiger partial charge in [0.2, 0.25) is 5.91 Å². The van der Waals surface area contributed by atoms with E-state index >= 15 is 0 Å². The largest absolute Gasteiger partial charge is 0.494 e. The molecule has 0 aliphatic carbocycles. The molecule has 140 valence electrons. The van der Waals surface area contributed by atoms with E-state index in [1.165, 1.54) is 24.3 Å². The Kier molecular flexibility index (Phi) is 6.95. The molecule has 6 nitrogen and oxygen atoms in total. The number of sulfonamides is 1. The van der Waals surface area contributed by atoms with Gasteiger partial charge < -0.3 is 4.74 Å². The van der Waals surface area contributed by atoms with Gasteiger partial charge in [-0.1, -0.05) is 0 Å². The topological polar surface area (TPSA) is 84.5 Å². The van der Waals surface area contributed by atoms with Crippen molar-refractivity contribution in [1.29, 1.82) is 0 Å². The maximum absolute atomic E-state index is 13.5. The van der Waals surface area contributed by atoms with Gasteiger partial charge in [-0.05, 0) is 49.4 Å². The summed E-state index contributed by atoms with van der Waals surface area (Å²) in [6.07, 6.45) is 0. The summed E-state index contributed by atoms with van der Waals surface area (Å²) in [6, 6.07) is 8.50. The molecular formula is C16H16F2N2O4S2. The van der Waals surface area contributed by atoms with Crippen molar-refractivity contribution in [2.45, 2.75) is 16.7 Å². The molecule has 2 aromatic rings. The summed E-state index contributed by atoms with van der Waals surface area (Å²) >= 11 is 0.745. The summed E-state index contributed by atoms with van der Waals surface area (Å²) in [7, 11) is -3.97. The molecule has 0 saturated carbocycles. The lowest BCUT2D eigenvalue weighted by molar-refractivity contribution is -0.119. The van der Waals surface area contributed by atoms with E-state index in [0.29, 0.717) is 12.4 Å². The Balaban J connectivity index is 1.90. The number of halogens is 2. The first-order valence-corrected chi connectivity index (χ1v) is 9.90. The number of hydrazine groups is 1. The summed E-state index contributed by atoms with van der Waals surface area (Å²) in [5.74, 6) is -1.80. The Hall–Kier alpha value is -2.17. The lowest BCUT2D eigenvalue weighted by Gasteiger charge is -2.09. The maximum Gasteiger partial charge on any atom is 0.257 e. The predicted molar refractivity (Wildman–Crippen MR) is 93.2 cm³/mol. The fourth-order valence-corrected chi connectivity index (χ4v) is 3.45. The van der Waals surface area contributed by atoms with Crippen LogP contribution in [0.1, 0.15) is 6.92 Å². The van der Waals surface area contributed by atoms with E-state index in [1.54, 1.807) is 6.92 Å². The number of hydrogen-bond donors (Lipinski definition) is 2. The minimum Gasteiger partial charge on any atom is -0.494 e. The van der Waals surface area contributed by atoms with E-state index in [1.807, 2.05) is 10.3 Å². The summed E-state index contributed by atoms with van der Waals surface area (Å²) in [5.41, 5.74) is 2.02. The molecule has 2 N–H and O–H groups in total. The monoisotopic (exact) mass is 402 g/mol. The SMILES string of the molecule is CCOc1ccc(S(=O)(=O)NNC(=O)CSc2cc(F)ccc2F)cc1. The quantitative estimate of drug-likeness (QED) is 0.523.